The maximum atomic E-state index is 5.49. The summed E-state index contributed by atoms with van der Waals surface area (Å²) in [5.74, 6) is 2.02. The van der Waals surface area contributed by atoms with Crippen molar-refractivity contribution in [2.24, 2.45) is 0 Å². The van der Waals surface area contributed by atoms with Crippen LogP contribution in [0.5, 0.6) is 0 Å². The summed E-state index contributed by atoms with van der Waals surface area (Å²) >= 11 is 1.64. The zero-order valence-corrected chi connectivity index (χ0v) is 13.8. The Morgan fingerprint density at radius 3 is 2.83 bits per heavy atom. The van der Waals surface area contributed by atoms with Crippen molar-refractivity contribution in [3.05, 3.63) is 52.1 Å². The van der Waals surface area contributed by atoms with Crippen LogP contribution in [0.4, 0.5) is 0 Å². The highest BCUT2D eigenvalue weighted by Gasteiger charge is 2.24. The molecule has 118 valence electrons. The van der Waals surface area contributed by atoms with Gasteiger partial charge in [-0.25, -0.2) is 14.6 Å². The van der Waals surface area contributed by atoms with Gasteiger partial charge >= 0.3 is 0 Å². The van der Waals surface area contributed by atoms with Crippen LogP contribution in [-0.2, 0) is 11.3 Å². The van der Waals surface area contributed by atoms with E-state index in [0.717, 1.165) is 35.4 Å². The summed E-state index contributed by atoms with van der Waals surface area (Å²) in [6.07, 6.45) is 0.991. The van der Waals surface area contributed by atoms with Crippen molar-refractivity contribution in [2.75, 3.05) is 13.2 Å². The first-order chi connectivity index (χ1) is 11.3. The predicted octanol–water partition coefficient (Wildman–Crippen LogP) is 3.26. The van der Waals surface area contributed by atoms with E-state index in [9.17, 15) is 0 Å². The topological polar surface area (TPSA) is 52.8 Å². The smallest absolute Gasteiger partial charge is 0.178 e. The summed E-state index contributed by atoms with van der Waals surface area (Å²) in [4.78, 5) is 9.38. The van der Waals surface area contributed by atoms with Crippen LogP contribution >= 0.6 is 11.3 Å². The molecular weight excluding hydrogens is 308 g/mol. The van der Waals surface area contributed by atoms with Crippen molar-refractivity contribution in [2.45, 2.75) is 25.8 Å². The van der Waals surface area contributed by atoms with Crippen molar-refractivity contribution >= 4 is 11.3 Å². The molecule has 0 spiro atoms. The van der Waals surface area contributed by atoms with Crippen molar-refractivity contribution in [1.29, 1.82) is 0 Å². The van der Waals surface area contributed by atoms with Gasteiger partial charge in [0, 0.05) is 17.9 Å². The van der Waals surface area contributed by atoms with Crippen LogP contribution in [0.15, 0.2) is 35.7 Å². The van der Waals surface area contributed by atoms with Crippen LogP contribution in [0.3, 0.4) is 0 Å². The minimum atomic E-state index is 0.297. The Bertz CT molecular complexity index is 790. The van der Waals surface area contributed by atoms with Crippen LogP contribution in [0.1, 0.15) is 28.7 Å². The number of aromatic nitrogens is 4. The Kier molecular flexibility index (Phi) is 3.93. The Balaban J connectivity index is 1.72. The molecule has 1 aliphatic heterocycles. The molecule has 0 saturated carbocycles. The molecule has 4 rings (SSSR count). The minimum absolute atomic E-state index is 0.297. The molecule has 1 saturated heterocycles. The molecule has 6 heteroatoms. The summed E-state index contributed by atoms with van der Waals surface area (Å²) in [6.45, 7) is 4.22. The van der Waals surface area contributed by atoms with E-state index in [4.69, 9.17) is 14.8 Å². The van der Waals surface area contributed by atoms with Gasteiger partial charge in [-0.2, -0.15) is 5.10 Å². The fourth-order valence-electron chi connectivity index (χ4n) is 2.79. The Morgan fingerprint density at radius 2 is 2.13 bits per heavy atom. The van der Waals surface area contributed by atoms with E-state index in [0.29, 0.717) is 19.1 Å². The summed E-state index contributed by atoms with van der Waals surface area (Å²) in [5, 5.41) is 7.86. The second-order valence-corrected chi connectivity index (χ2v) is 6.81. The van der Waals surface area contributed by atoms with Crippen LogP contribution in [-0.4, -0.2) is 33.0 Å². The van der Waals surface area contributed by atoms with E-state index < -0.39 is 0 Å². The first-order valence-corrected chi connectivity index (χ1v) is 8.66. The Morgan fingerprint density at radius 1 is 1.26 bits per heavy atom. The molecule has 0 N–H and O–H groups in total. The van der Waals surface area contributed by atoms with Crippen molar-refractivity contribution in [1.82, 2.24) is 19.7 Å². The Labute approximate surface area is 139 Å². The zero-order chi connectivity index (χ0) is 15.6. The fourth-order valence-corrected chi connectivity index (χ4v) is 3.38. The van der Waals surface area contributed by atoms with Crippen molar-refractivity contribution in [3.63, 3.8) is 0 Å². The van der Waals surface area contributed by atoms with Crippen molar-refractivity contribution < 1.29 is 4.74 Å². The lowest BCUT2D eigenvalue weighted by Crippen LogP contribution is -2.06. The first kappa shape index (κ1) is 14.5. The fraction of sp³-hybridized carbons (Fsp3) is 0.353. The van der Waals surface area contributed by atoms with E-state index in [1.54, 1.807) is 11.3 Å². The maximum Gasteiger partial charge on any atom is 0.178 e. The van der Waals surface area contributed by atoms with Gasteiger partial charge < -0.3 is 4.74 Å². The van der Waals surface area contributed by atoms with E-state index in [-0.39, 0.29) is 0 Å². The highest BCUT2D eigenvalue weighted by Crippen LogP contribution is 2.27. The van der Waals surface area contributed by atoms with Crippen molar-refractivity contribution in [3.8, 4) is 11.5 Å². The standard InChI is InChI=1S/C17H18N4OS/c1-12-18-15(11-23-12)17-19-16(14-7-8-22-10-14)20-21(17)9-13-5-3-2-4-6-13/h2-6,11,14H,7-10H2,1H3/t14-/m1/s1. The van der Waals surface area contributed by atoms with E-state index in [1.165, 1.54) is 5.56 Å². The van der Waals surface area contributed by atoms with Crippen LogP contribution in [0.2, 0.25) is 0 Å². The second-order valence-electron chi connectivity index (χ2n) is 5.75. The SMILES string of the molecule is Cc1nc(-c2nc([C@@H]3CCOC3)nn2Cc2ccccc2)cs1. The van der Waals surface area contributed by atoms with Crippen LogP contribution < -0.4 is 0 Å². The van der Waals surface area contributed by atoms with Gasteiger partial charge in [0.1, 0.15) is 5.69 Å². The number of hydrogen-bond acceptors (Lipinski definition) is 5. The quantitative estimate of drug-likeness (QED) is 0.738. The first-order valence-electron chi connectivity index (χ1n) is 7.78. The highest BCUT2D eigenvalue weighted by atomic mass is 32.1. The molecule has 1 atom stereocenters. The van der Waals surface area contributed by atoms with Gasteiger partial charge in [-0.15, -0.1) is 11.3 Å². The molecule has 1 aromatic carbocycles. The summed E-state index contributed by atoms with van der Waals surface area (Å²) in [7, 11) is 0. The lowest BCUT2D eigenvalue weighted by atomic mass is 10.1. The molecule has 0 aliphatic carbocycles. The Hall–Kier alpha value is -2.05. The molecule has 0 bridgehead atoms. The average molecular weight is 326 g/mol. The van der Waals surface area contributed by atoms with Gasteiger partial charge in [0.2, 0.25) is 0 Å². The number of rotatable bonds is 4. The molecule has 5 nitrogen and oxygen atoms in total. The molecule has 3 heterocycles. The van der Waals surface area contributed by atoms with Gasteiger partial charge in [-0.3, -0.25) is 0 Å². The summed E-state index contributed by atoms with van der Waals surface area (Å²) < 4.78 is 7.46. The van der Waals surface area contributed by atoms with Crippen LogP contribution in [0, 0.1) is 6.92 Å². The molecule has 1 aliphatic rings. The summed E-state index contributed by atoms with van der Waals surface area (Å²) in [6, 6.07) is 10.3. The molecule has 1 fully saturated rings. The van der Waals surface area contributed by atoms with E-state index in [2.05, 4.69) is 22.5 Å². The van der Waals surface area contributed by atoms with Gasteiger partial charge in [-0.05, 0) is 18.9 Å². The predicted molar refractivity (Wildman–Crippen MR) is 89.6 cm³/mol. The van der Waals surface area contributed by atoms with Gasteiger partial charge in [0.15, 0.2) is 11.6 Å². The van der Waals surface area contributed by atoms with E-state index >= 15 is 0 Å². The molecule has 2 aromatic heterocycles. The van der Waals surface area contributed by atoms with E-state index in [1.807, 2.05) is 29.8 Å². The number of aryl methyl sites for hydroxylation is 1. The second kappa shape index (κ2) is 6.22. The highest BCUT2D eigenvalue weighted by molar-refractivity contribution is 7.09. The lowest BCUT2D eigenvalue weighted by Gasteiger charge is -2.04. The number of hydrogen-bond donors (Lipinski definition) is 0. The van der Waals surface area contributed by atoms with Gasteiger partial charge in [-0.1, -0.05) is 30.3 Å². The number of nitrogens with zero attached hydrogens (tertiary/aromatic N) is 4. The molecular formula is C17H18N4OS. The third-order valence-corrected chi connectivity index (χ3v) is 4.78. The molecule has 0 amide bonds. The normalized spacial score (nSPS) is 17.7. The molecule has 3 aromatic rings. The number of benzene rings is 1. The number of ether oxygens (including phenoxy) is 1. The average Bonchev–Trinajstić information content (AvgIpc) is 3.28. The third kappa shape index (κ3) is 3.04. The van der Waals surface area contributed by atoms with Gasteiger partial charge in [0.25, 0.3) is 0 Å². The molecule has 0 unspecified atom stereocenters. The third-order valence-electron chi connectivity index (χ3n) is 4.01. The molecule has 0 radical (unpaired) electrons. The zero-order valence-electron chi connectivity index (χ0n) is 13.0. The van der Waals surface area contributed by atoms with Crippen LogP contribution in [0.25, 0.3) is 11.5 Å². The summed E-state index contributed by atoms with van der Waals surface area (Å²) in [5.41, 5.74) is 2.11. The molecule has 23 heavy (non-hydrogen) atoms. The minimum Gasteiger partial charge on any atom is -0.381 e. The van der Waals surface area contributed by atoms with Gasteiger partial charge in [0.05, 0.1) is 18.2 Å². The maximum absolute atomic E-state index is 5.49. The number of thiazole rings is 1. The monoisotopic (exact) mass is 326 g/mol. The largest absolute Gasteiger partial charge is 0.381 e. The lowest BCUT2D eigenvalue weighted by molar-refractivity contribution is 0.193.